The minimum absolute atomic E-state index is 0.781. The molecular weight excluding hydrogens is 240 g/mol. The molecule has 0 radical (unpaired) electrons. The van der Waals surface area contributed by atoms with Crippen molar-refractivity contribution >= 4 is 0 Å². The molecule has 104 valence electrons. The molecule has 2 heterocycles. The van der Waals surface area contributed by atoms with E-state index in [1.165, 1.54) is 0 Å². The zero-order chi connectivity index (χ0) is 13.8. The highest BCUT2D eigenvalue weighted by Crippen LogP contribution is 2.29. The second-order valence-electron chi connectivity index (χ2n) is 4.72. The first-order valence-electron chi connectivity index (χ1n) is 6.87. The fraction of sp³-hybridized carbons (Fsp3) is 0.571. The molecule has 0 atom stereocenters. The van der Waals surface area contributed by atoms with Gasteiger partial charge in [0.1, 0.15) is 0 Å². The second kappa shape index (κ2) is 6.02. The number of hydrogen-bond donors (Lipinski definition) is 1. The SMILES string of the molecule is CCCNCc1cnoc1-c1c(C)nn(CC)c1C. The van der Waals surface area contributed by atoms with Crippen LogP contribution < -0.4 is 5.32 Å². The van der Waals surface area contributed by atoms with E-state index < -0.39 is 0 Å². The molecule has 0 aliphatic heterocycles. The Bertz CT molecular complexity index is 542. The summed E-state index contributed by atoms with van der Waals surface area (Å²) in [6.45, 7) is 11.0. The highest BCUT2D eigenvalue weighted by atomic mass is 16.5. The third kappa shape index (κ3) is 2.71. The van der Waals surface area contributed by atoms with Crippen molar-refractivity contribution in [2.24, 2.45) is 0 Å². The molecule has 5 nitrogen and oxygen atoms in total. The summed E-state index contributed by atoms with van der Waals surface area (Å²) >= 11 is 0. The van der Waals surface area contributed by atoms with E-state index in [1.807, 2.05) is 11.6 Å². The van der Waals surface area contributed by atoms with E-state index in [-0.39, 0.29) is 0 Å². The smallest absolute Gasteiger partial charge is 0.175 e. The highest BCUT2D eigenvalue weighted by Gasteiger charge is 2.19. The Labute approximate surface area is 114 Å². The van der Waals surface area contributed by atoms with Gasteiger partial charge in [-0.15, -0.1) is 0 Å². The molecule has 2 aromatic heterocycles. The monoisotopic (exact) mass is 262 g/mol. The van der Waals surface area contributed by atoms with Crippen LogP contribution >= 0.6 is 0 Å². The fourth-order valence-corrected chi connectivity index (χ4v) is 2.33. The third-order valence-corrected chi connectivity index (χ3v) is 3.29. The summed E-state index contributed by atoms with van der Waals surface area (Å²) in [5, 5.41) is 11.9. The summed E-state index contributed by atoms with van der Waals surface area (Å²) in [6.07, 6.45) is 2.91. The van der Waals surface area contributed by atoms with Crippen molar-refractivity contribution in [2.45, 2.75) is 47.2 Å². The Morgan fingerprint density at radius 2 is 2.11 bits per heavy atom. The van der Waals surface area contributed by atoms with Crippen LogP contribution in [0.25, 0.3) is 11.3 Å². The maximum Gasteiger partial charge on any atom is 0.175 e. The molecule has 0 saturated heterocycles. The van der Waals surface area contributed by atoms with Crippen molar-refractivity contribution in [3.63, 3.8) is 0 Å². The molecule has 2 rings (SSSR count). The maximum atomic E-state index is 5.46. The van der Waals surface area contributed by atoms with E-state index in [4.69, 9.17) is 4.52 Å². The normalized spacial score (nSPS) is 11.2. The van der Waals surface area contributed by atoms with Gasteiger partial charge in [-0.3, -0.25) is 4.68 Å². The number of nitrogens with zero attached hydrogens (tertiary/aromatic N) is 3. The summed E-state index contributed by atoms with van der Waals surface area (Å²) < 4.78 is 7.45. The number of aromatic nitrogens is 3. The molecule has 0 aliphatic carbocycles. The summed E-state index contributed by atoms with van der Waals surface area (Å²) in [4.78, 5) is 0. The minimum Gasteiger partial charge on any atom is -0.356 e. The molecular formula is C14H22N4O. The zero-order valence-electron chi connectivity index (χ0n) is 12.2. The lowest BCUT2D eigenvalue weighted by atomic mass is 10.1. The van der Waals surface area contributed by atoms with Crippen molar-refractivity contribution in [3.05, 3.63) is 23.1 Å². The van der Waals surface area contributed by atoms with Gasteiger partial charge in [-0.25, -0.2) is 0 Å². The van der Waals surface area contributed by atoms with Crippen LogP contribution in [0, 0.1) is 13.8 Å². The zero-order valence-corrected chi connectivity index (χ0v) is 12.2. The predicted octanol–water partition coefficient (Wildman–Crippen LogP) is 2.67. The first-order valence-corrected chi connectivity index (χ1v) is 6.87. The fourth-order valence-electron chi connectivity index (χ4n) is 2.33. The molecule has 0 aliphatic rings. The lowest BCUT2D eigenvalue weighted by molar-refractivity contribution is 0.431. The average molecular weight is 262 g/mol. The summed E-state index contributed by atoms with van der Waals surface area (Å²) in [5.74, 6) is 0.846. The van der Waals surface area contributed by atoms with Crippen molar-refractivity contribution in [1.29, 1.82) is 0 Å². The van der Waals surface area contributed by atoms with Crippen LogP contribution in [-0.2, 0) is 13.1 Å². The highest BCUT2D eigenvalue weighted by molar-refractivity contribution is 5.66. The average Bonchev–Trinajstić information content (AvgIpc) is 2.94. The van der Waals surface area contributed by atoms with Gasteiger partial charge < -0.3 is 9.84 Å². The largest absolute Gasteiger partial charge is 0.356 e. The Morgan fingerprint density at radius 3 is 2.74 bits per heavy atom. The van der Waals surface area contributed by atoms with Crippen molar-refractivity contribution in [3.8, 4) is 11.3 Å². The molecule has 0 saturated carbocycles. The molecule has 0 amide bonds. The third-order valence-electron chi connectivity index (χ3n) is 3.29. The van der Waals surface area contributed by atoms with Crippen LogP contribution in [0.15, 0.2) is 10.7 Å². The van der Waals surface area contributed by atoms with E-state index in [2.05, 4.69) is 36.3 Å². The Hall–Kier alpha value is -1.62. The van der Waals surface area contributed by atoms with Gasteiger partial charge in [-0.05, 0) is 33.7 Å². The quantitative estimate of drug-likeness (QED) is 0.813. The van der Waals surface area contributed by atoms with Gasteiger partial charge in [0.05, 0.1) is 17.5 Å². The first kappa shape index (κ1) is 13.8. The topological polar surface area (TPSA) is 55.9 Å². The minimum atomic E-state index is 0.781. The van der Waals surface area contributed by atoms with Gasteiger partial charge in [0, 0.05) is 24.3 Å². The molecule has 19 heavy (non-hydrogen) atoms. The Kier molecular flexibility index (Phi) is 4.37. The standard InChI is InChI=1S/C14H22N4O/c1-5-7-15-8-12-9-16-19-14(12)13-10(3)17-18(6-2)11(13)4/h9,15H,5-8H2,1-4H3. The second-order valence-corrected chi connectivity index (χ2v) is 4.72. The van der Waals surface area contributed by atoms with E-state index >= 15 is 0 Å². The summed E-state index contributed by atoms with van der Waals surface area (Å²) in [6, 6.07) is 0. The van der Waals surface area contributed by atoms with E-state index in [9.17, 15) is 0 Å². The van der Waals surface area contributed by atoms with Crippen molar-refractivity contribution in [2.75, 3.05) is 6.54 Å². The lowest BCUT2D eigenvalue weighted by Gasteiger charge is -2.04. The number of aryl methyl sites for hydroxylation is 2. The lowest BCUT2D eigenvalue weighted by Crippen LogP contribution is -2.13. The van der Waals surface area contributed by atoms with Crippen molar-refractivity contribution < 1.29 is 4.52 Å². The van der Waals surface area contributed by atoms with Gasteiger partial charge in [0.15, 0.2) is 5.76 Å². The number of nitrogens with one attached hydrogen (secondary N) is 1. The summed E-state index contributed by atoms with van der Waals surface area (Å²) in [5.41, 5.74) is 4.30. The van der Waals surface area contributed by atoms with Crippen LogP contribution in [0.4, 0.5) is 0 Å². The number of hydrogen-bond acceptors (Lipinski definition) is 4. The van der Waals surface area contributed by atoms with E-state index in [0.717, 1.165) is 54.3 Å². The molecule has 0 aromatic carbocycles. The first-order chi connectivity index (χ1) is 9.19. The molecule has 5 heteroatoms. The summed E-state index contributed by atoms with van der Waals surface area (Å²) in [7, 11) is 0. The van der Waals surface area contributed by atoms with Crippen LogP contribution in [0.3, 0.4) is 0 Å². The molecule has 0 fully saturated rings. The van der Waals surface area contributed by atoms with Gasteiger partial charge >= 0.3 is 0 Å². The maximum absolute atomic E-state index is 5.46. The molecule has 0 spiro atoms. The van der Waals surface area contributed by atoms with Crippen LogP contribution in [0.2, 0.25) is 0 Å². The van der Waals surface area contributed by atoms with Crippen molar-refractivity contribution in [1.82, 2.24) is 20.3 Å². The molecule has 0 bridgehead atoms. The van der Waals surface area contributed by atoms with Crippen LogP contribution in [0.1, 0.15) is 37.2 Å². The van der Waals surface area contributed by atoms with Crippen LogP contribution in [-0.4, -0.2) is 21.5 Å². The number of rotatable bonds is 6. The van der Waals surface area contributed by atoms with Gasteiger partial charge in [-0.1, -0.05) is 12.1 Å². The Morgan fingerprint density at radius 1 is 1.32 bits per heavy atom. The van der Waals surface area contributed by atoms with Gasteiger partial charge in [0.2, 0.25) is 0 Å². The van der Waals surface area contributed by atoms with E-state index in [1.54, 1.807) is 6.20 Å². The van der Waals surface area contributed by atoms with Crippen LogP contribution in [0.5, 0.6) is 0 Å². The molecule has 1 N–H and O–H groups in total. The molecule has 2 aromatic rings. The van der Waals surface area contributed by atoms with E-state index in [0.29, 0.717) is 0 Å². The van der Waals surface area contributed by atoms with Gasteiger partial charge in [-0.2, -0.15) is 5.10 Å². The molecule has 0 unspecified atom stereocenters. The Balaban J connectivity index is 2.32. The van der Waals surface area contributed by atoms with Gasteiger partial charge in [0.25, 0.3) is 0 Å². The predicted molar refractivity (Wildman–Crippen MR) is 74.9 cm³/mol.